The van der Waals surface area contributed by atoms with Crippen LogP contribution in [0, 0.1) is 0 Å². The Kier molecular flexibility index (Phi) is 3.09. The number of ketones is 1. The van der Waals surface area contributed by atoms with Crippen molar-refractivity contribution in [3.05, 3.63) is 21.3 Å². The van der Waals surface area contributed by atoms with Crippen LogP contribution < -0.4 is 0 Å². The van der Waals surface area contributed by atoms with Crippen LogP contribution in [0.15, 0.2) is 12.1 Å². The SMILES string of the molecule is CCC(=O)Cc1ccc(Cl)s1. The molecule has 0 unspecified atom stereocenters. The van der Waals surface area contributed by atoms with Crippen molar-refractivity contribution in [3.8, 4) is 0 Å². The first-order valence-electron chi connectivity index (χ1n) is 3.48. The second kappa shape index (κ2) is 3.88. The summed E-state index contributed by atoms with van der Waals surface area (Å²) in [7, 11) is 0. The van der Waals surface area contributed by atoms with Crippen LogP contribution in [0.4, 0.5) is 0 Å². The third kappa shape index (κ3) is 2.64. The maximum atomic E-state index is 11.0. The minimum atomic E-state index is 0.267. The molecule has 0 N–H and O–H groups in total. The van der Waals surface area contributed by atoms with Gasteiger partial charge in [0, 0.05) is 17.7 Å². The molecule has 1 heterocycles. The van der Waals surface area contributed by atoms with Crippen LogP contribution in [0.3, 0.4) is 0 Å². The topological polar surface area (TPSA) is 17.1 Å². The summed E-state index contributed by atoms with van der Waals surface area (Å²) >= 11 is 7.17. The van der Waals surface area contributed by atoms with E-state index in [0.29, 0.717) is 12.8 Å². The molecular formula is C8H9ClOS. The third-order valence-corrected chi connectivity index (χ3v) is 2.63. The van der Waals surface area contributed by atoms with Crippen LogP contribution in [0.2, 0.25) is 4.34 Å². The molecule has 1 aromatic heterocycles. The minimum Gasteiger partial charge on any atom is -0.299 e. The van der Waals surface area contributed by atoms with Gasteiger partial charge in [-0.05, 0) is 12.1 Å². The lowest BCUT2D eigenvalue weighted by Gasteiger charge is -1.91. The van der Waals surface area contributed by atoms with E-state index < -0.39 is 0 Å². The van der Waals surface area contributed by atoms with Gasteiger partial charge in [0.2, 0.25) is 0 Å². The highest BCUT2D eigenvalue weighted by Gasteiger charge is 2.02. The number of Topliss-reactive ketones (excluding diaryl/α,β-unsaturated/α-hetero) is 1. The largest absolute Gasteiger partial charge is 0.299 e. The van der Waals surface area contributed by atoms with E-state index in [1.54, 1.807) is 0 Å². The van der Waals surface area contributed by atoms with Crippen molar-refractivity contribution in [2.24, 2.45) is 0 Å². The molecule has 0 amide bonds. The van der Waals surface area contributed by atoms with Crippen molar-refractivity contribution >= 4 is 28.7 Å². The maximum Gasteiger partial charge on any atom is 0.137 e. The fourth-order valence-corrected chi connectivity index (χ4v) is 1.88. The summed E-state index contributed by atoms with van der Waals surface area (Å²) in [6, 6.07) is 3.73. The van der Waals surface area contributed by atoms with Gasteiger partial charge in [-0.3, -0.25) is 4.79 Å². The Morgan fingerprint density at radius 1 is 1.64 bits per heavy atom. The zero-order valence-electron chi connectivity index (χ0n) is 6.26. The molecule has 1 aromatic rings. The molecule has 0 aliphatic heterocycles. The summed E-state index contributed by atoms with van der Waals surface area (Å²) in [6.45, 7) is 1.87. The number of halogens is 1. The van der Waals surface area contributed by atoms with E-state index in [1.807, 2.05) is 19.1 Å². The summed E-state index contributed by atoms with van der Waals surface area (Å²) < 4.78 is 0.754. The van der Waals surface area contributed by atoms with E-state index in [4.69, 9.17) is 11.6 Å². The first-order chi connectivity index (χ1) is 5.22. The molecule has 0 saturated carbocycles. The van der Waals surface area contributed by atoms with Crippen molar-refractivity contribution in [1.29, 1.82) is 0 Å². The van der Waals surface area contributed by atoms with Gasteiger partial charge in [-0.25, -0.2) is 0 Å². The van der Waals surface area contributed by atoms with Crippen molar-refractivity contribution in [2.75, 3.05) is 0 Å². The number of hydrogen-bond acceptors (Lipinski definition) is 2. The average Bonchev–Trinajstić information content (AvgIpc) is 2.35. The van der Waals surface area contributed by atoms with Crippen LogP contribution in [-0.2, 0) is 11.2 Å². The lowest BCUT2D eigenvalue weighted by atomic mass is 10.2. The predicted molar refractivity (Wildman–Crippen MR) is 48.3 cm³/mol. The fourth-order valence-electron chi connectivity index (χ4n) is 0.766. The average molecular weight is 189 g/mol. The van der Waals surface area contributed by atoms with Crippen molar-refractivity contribution in [1.82, 2.24) is 0 Å². The van der Waals surface area contributed by atoms with Gasteiger partial charge in [0.05, 0.1) is 4.34 Å². The Balaban J connectivity index is 2.57. The summed E-state index contributed by atoms with van der Waals surface area (Å²) in [5, 5.41) is 0. The van der Waals surface area contributed by atoms with Crippen LogP contribution >= 0.6 is 22.9 Å². The molecule has 0 radical (unpaired) electrons. The first kappa shape index (κ1) is 8.75. The lowest BCUT2D eigenvalue weighted by molar-refractivity contribution is -0.118. The fraction of sp³-hybridized carbons (Fsp3) is 0.375. The van der Waals surface area contributed by atoms with E-state index in [0.717, 1.165) is 9.21 Å². The summed E-state index contributed by atoms with van der Waals surface area (Å²) in [5.41, 5.74) is 0. The number of thiophene rings is 1. The quantitative estimate of drug-likeness (QED) is 0.713. The van der Waals surface area contributed by atoms with Crippen LogP contribution in [0.1, 0.15) is 18.2 Å². The zero-order chi connectivity index (χ0) is 8.27. The van der Waals surface area contributed by atoms with Gasteiger partial charge in [0.15, 0.2) is 0 Å². The summed E-state index contributed by atoms with van der Waals surface area (Å²) in [4.78, 5) is 12.0. The number of rotatable bonds is 3. The second-order valence-corrected chi connectivity index (χ2v) is 4.07. The molecule has 1 rings (SSSR count). The van der Waals surface area contributed by atoms with Gasteiger partial charge in [-0.2, -0.15) is 0 Å². The van der Waals surface area contributed by atoms with Crippen molar-refractivity contribution in [2.45, 2.75) is 19.8 Å². The normalized spacial score (nSPS) is 10.0. The Morgan fingerprint density at radius 3 is 2.82 bits per heavy atom. The summed E-state index contributed by atoms with van der Waals surface area (Å²) in [5.74, 6) is 0.267. The van der Waals surface area contributed by atoms with Crippen molar-refractivity contribution in [3.63, 3.8) is 0 Å². The Hall–Kier alpha value is -0.340. The van der Waals surface area contributed by atoms with Crippen LogP contribution in [0.5, 0.6) is 0 Å². The standard InChI is InChI=1S/C8H9ClOS/c1-2-6(10)5-7-3-4-8(9)11-7/h3-4H,2,5H2,1H3. The van der Waals surface area contributed by atoms with E-state index in [-0.39, 0.29) is 5.78 Å². The molecule has 0 spiro atoms. The number of carbonyl (C=O) groups is 1. The number of hydrogen-bond donors (Lipinski definition) is 0. The molecule has 0 aliphatic carbocycles. The van der Waals surface area contributed by atoms with Gasteiger partial charge in [-0.1, -0.05) is 18.5 Å². The Bertz CT molecular complexity index is 254. The highest BCUT2D eigenvalue weighted by molar-refractivity contribution is 7.16. The highest BCUT2D eigenvalue weighted by Crippen LogP contribution is 2.21. The van der Waals surface area contributed by atoms with E-state index >= 15 is 0 Å². The molecule has 0 fully saturated rings. The molecule has 3 heteroatoms. The van der Waals surface area contributed by atoms with Gasteiger partial charge in [0.25, 0.3) is 0 Å². The Labute approximate surface area is 75.0 Å². The molecule has 0 aromatic carbocycles. The molecule has 0 saturated heterocycles. The summed E-state index contributed by atoms with van der Waals surface area (Å²) in [6.07, 6.45) is 1.14. The van der Waals surface area contributed by atoms with Crippen molar-refractivity contribution < 1.29 is 4.79 Å². The molecule has 0 aliphatic rings. The molecule has 1 nitrogen and oxygen atoms in total. The molecule has 11 heavy (non-hydrogen) atoms. The van der Waals surface area contributed by atoms with Crippen LogP contribution in [0.25, 0.3) is 0 Å². The zero-order valence-corrected chi connectivity index (χ0v) is 7.84. The molecule has 0 atom stereocenters. The second-order valence-electron chi connectivity index (χ2n) is 2.27. The number of carbonyl (C=O) groups excluding carboxylic acids is 1. The van der Waals surface area contributed by atoms with E-state index in [9.17, 15) is 4.79 Å². The minimum absolute atomic E-state index is 0.267. The van der Waals surface area contributed by atoms with Gasteiger partial charge in [-0.15, -0.1) is 11.3 Å². The third-order valence-electron chi connectivity index (χ3n) is 1.39. The maximum absolute atomic E-state index is 11.0. The van der Waals surface area contributed by atoms with Gasteiger partial charge < -0.3 is 0 Å². The van der Waals surface area contributed by atoms with E-state index in [1.165, 1.54) is 11.3 Å². The predicted octanol–water partition coefficient (Wildman–Crippen LogP) is 2.92. The van der Waals surface area contributed by atoms with Crippen LogP contribution in [-0.4, -0.2) is 5.78 Å². The highest BCUT2D eigenvalue weighted by atomic mass is 35.5. The smallest absolute Gasteiger partial charge is 0.137 e. The Morgan fingerprint density at radius 2 is 2.36 bits per heavy atom. The first-order valence-corrected chi connectivity index (χ1v) is 4.67. The monoisotopic (exact) mass is 188 g/mol. The molecule has 60 valence electrons. The van der Waals surface area contributed by atoms with Gasteiger partial charge >= 0.3 is 0 Å². The lowest BCUT2D eigenvalue weighted by Crippen LogP contribution is -1.97. The molecular weight excluding hydrogens is 180 g/mol. The van der Waals surface area contributed by atoms with Gasteiger partial charge in [0.1, 0.15) is 5.78 Å². The van der Waals surface area contributed by atoms with E-state index in [2.05, 4.69) is 0 Å². The molecule has 0 bridgehead atoms.